The molecule has 0 saturated carbocycles. The van der Waals surface area contributed by atoms with Crippen molar-refractivity contribution in [2.24, 2.45) is 0 Å². The van der Waals surface area contributed by atoms with E-state index < -0.39 is 0 Å². The highest BCUT2D eigenvalue weighted by Crippen LogP contribution is 2.27. The van der Waals surface area contributed by atoms with Crippen LogP contribution < -0.4 is 15.7 Å². The second-order valence-corrected chi connectivity index (χ2v) is 8.36. The zero-order valence-corrected chi connectivity index (χ0v) is 18.7. The maximum absolute atomic E-state index is 3.69. The van der Waals surface area contributed by atoms with E-state index in [4.69, 9.17) is 0 Å². The molecule has 112 valence electrons. The van der Waals surface area contributed by atoms with Crippen LogP contribution in [-0.4, -0.2) is 20.5 Å². The molecule has 0 amide bonds. The van der Waals surface area contributed by atoms with Crippen LogP contribution in [0.4, 0.5) is 11.4 Å². The molecule has 0 aliphatic heterocycles. The number of benzene rings is 2. The third-order valence-electron chi connectivity index (χ3n) is 5.23. The minimum Gasteiger partial charge on any atom is -0.355 e. The monoisotopic (exact) mass is 313 g/mol. The van der Waals surface area contributed by atoms with Crippen molar-refractivity contribution in [3.05, 3.63) is 45.5 Å². The first-order valence-corrected chi connectivity index (χ1v) is 9.65. The summed E-state index contributed by atoms with van der Waals surface area (Å²) in [5, 5.41) is 6.77. The zero-order chi connectivity index (χ0) is 15.9. The number of rotatable bonds is 2. The van der Waals surface area contributed by atoms with Crippen molar-refractivity contribution in [3.8, 4) is 0 Å². The van der Waals surface area contributed by atoms with Gasteiger partial charge in [0.05, 0.1) is 0 Å². The molecular weight excluding hydrogens is 286 g/mol. The van der Waals surface area contributed by atoms with Gasteiger partial charge in [-0.05, 0) is 75.9 Å². The van der Waals surface area contributed by atoms with E-state index in [1.807, 2.05) is 0 Å². The highest BCUT2D eigenvalue weighted by Gasteiger charge is 2.11. The Bertz CT molecular complexity index is 657. The van der Waals surface area contributed by atoms with Gasteiger partial charge in [0, 0.05) is 31.9 Å². The van der Waals surface area contributed by atoms with Gasteiger partial charge >= 0.3 is 0 Å². The quantitative estimate of drug-likeness (QED) is 0.823. The van der Waals surface area contributed by atoms with E-state index in [2.05, 4.69) is 59.0 Å². The molecule has 0 fully saturated rings. The second kappa shape index (κ2) is 5.81. The third-order valence-corrected chi connectivity index (χ3v) is 8.31. The van der Waals surface area contributed by atoms with Crippen LogP contribution in [-0.2, 0) is 0 Å². The molecule has 0 atom stereocenters. The fourth-order valence-corrected chi connectivity index (χ4v) is 3.87. The lowest BCUT2D eigenvalue weighted by molar-refractivity contribution is 1.29. The van der Waals surface area contributed by atoms with E-state index >= 15 is 0 Å². The predicted molar refractivity (Wildman–Crippen MR) is 104 cm³/mol. The number of nitrogens with one attached hydrogen (secondary N) is 1. The molecule has 0 heterocycles. The normalized spacial score (nSPS) is 11.1. The molecule has 0 unspecified atom stereocenters. The molecule has 0 bridgehead atoms. The van der Waals surface area contributed by atoms with E-state index in [1.54, 1.807) is 0 Å². The van der Waals surface area contributed by atoms with Crippen LogP contribution in [0.5, 0.6) is 0 Å². The van der Waals surface area contributed by atoms with Crippen molar-refractivity contribution < 1.29 is 0 Å². The van der Waals surface area contributed by atoms with E-state index in [1.165, 1.54) is 55.1 Å². The summed E-state index contributed by atoms with van der Waals surface area (Å²) in [7, 11) is 2.24. The van der Waals surface area contributed by atoms with Gasteiger partial charge in [0.2, 0.25) is 0 Å². The molecule has 0 spiro atoms. The lowest BCUT2D eigenvalue weighted by Gasteiger charge is -2.20. The van der Waals surface area contributed by atoms with Crippen molar-refractivity contribution in [3.63, 3.8) is 0 Å². The van der Waals surface area contributed by atoms with Crippen molar-refractivity contribution >= 4 is 42.2 Å². The Kier molecular flexibility index (Phi) is 4.44. The summed E-state index contributed by atoms with van der Waals surface area (Å²) in [6.07, 6.45) is 0. The average Bonchev–Trinajstić information content (AvgIpc) is 2.45. The molecular formula is C18H27NSi2. The summed E-state index contributed by atoms with van der Waals surface area (Å²) in [4.78, 5) is 0. The van der Waals surface area contributed by atoms with E-state index in [9.17, 15) is 0 Å². The first kappa shape index (κ1) is 16.1. The summed E-state index contributed by atoms with van der Waals surface area (Å²) in [5.74, 6) is 0. The van der Waals surface area contributed by atoms with Crippen LogP contribution in [0.2, 0.25) is 0 Å². The topological polar surface area (TPSA) is 12.0 Å². The number of aryl methyl sites for hydroxylation is 2. The van der Waals surface area contributed by atoms with Gasteiger partial charge in [-0.3, -0.25) is 0 Å². The smallest absolute Gasteiger partial charge is 0.0419 e. The third kappa shape index (κ3) is 2.85. The molecule has 3 heteroatoms. The van der Waals surface area contributed by atoms with Crippen molar-refractivity contribution in [1.29, 1.82) is 0 Å². The largest absolute Gasteiger partial charge is 0.355 e. The Morgan fingerprint density at radius 1 is 0.619 bits per heavy atom. The first-order valence-electron chi connectivity index (χ1n) is 7.65. The first-order chi connectivity index (χ1) is 9.73. The van der Waals surface area contributed by atoms with E-state index in [0.717, 1.165) is 20.5 Å². The molecule has 21 heavy (non-hydrogen) atoms. The van der Waals surface area contributed by atoms with E-state index in [-0.39, 0.29) is 0 Å². The molecule has 0 aliphatic carbocycles. The van der Waals surface area contributed by atoms with Crippen LogP contribution in [0.3, 0.4) is 0 Å². The predicted octanol–water partition coefficient (Wildman–Crippen LogP) is 1.26. The molecule has 0 saturated heterocycles. The van der Waals surface area contributed by atoms with Crippen molar-refractivity contribution in [2.75, 3.05) is 5.32 Å². The van der Waals surface area contributed by atoms with E-state index in [0.29, 0.717) is 0 Å². The number of anilines is 2. The van der Waals surface area contributed by atoms with Gasteiger partial charge in [0.15, 0.2) is 0 Å². The Morgan fingerprint density at radius 3 is 1.29 bits per heavy atom. The summed E-state index contributed by atoms with van der Waals surface area (Å²) in [5.41, 5.74) is 11.0. The van der Waals surface area contributed by atoms with Crippen molar-refractivity contribution in [2.45, 2.75) is 41.5 Å². The Balaban J connectivity index is 2.54. The highest BCUT2D eigenvalue weighted by atomic mass is 28.1. The molecule has 0 aromatic heterocycles. The van der Waals surface area contributed by atoms with Gasteiger partial charge < -0.3 is 5.32 Å². The summed E-state index contributed by atoms with van der Waals surface area (Å²) in [6.45, 7) is 13.4. The van der Waals surface area contributed by atoms with Gasteiger partial charge in [0.1, 0.15) is 0 Å². The fourth-order valence-electron chi connectivity index (χ4n) is 2.83. The van der Waals surface area contributed by atoms with Gasteiger partial charge in [0.25, 0.3) is 0 Å². The fraction of sp³-hybridized carbons (Fsp3) is 0.333. The van der Waals surface area contributed by atoms with Crippen LogP contribution in [0.1, 0.15) is 33.4 Å². The lowest BCUT2D eigenvalue weighted by atomic mass is 10.0. The lowest BCUT2D eigenvalue weighted by Crippen LogP contribution is -2.16. The molecule has 2 aromatic carbocycles. The Hall–Kier alpha value is -1.33. The van der Waals surface area contributed by atoms with Crippen LogP contribution in [0.15, 0.2) is 12.1 Å². The summed E-state index contributed by atoms with van der Waals surface area (Å²) < 4.78 is 0. The van der Waals surface area contributed by atoms with Crippen LogP contribution >= 0.6 is 0 Å². The van der Waals surface area contributed by atoms with Gasteiger partial charge in [-0.2, -0.15) is 0 Å². The van der Waals surface area contributed by atoms with Crippen LogP contribution in [0.25, 0.3) is 0 Å². The SMILES string of the molecule is Cc1cc(Nc2cc(C)c([SiH3])c(C)c2C)c(C)c(C)c1[SiH3]. The van der Waals surface area contributed by atoms with Crippen LogP contribution in [0, 0.1) is 41.5 Å². The maximum atomic E-state index is 3.69. The molecule has 0 aliphatic rings. The van der Waals surface area contributed by atoms with Gasteiger partial charge in [-0.15, -0.1) is 0 Å². The molecule has 2 rings (SSSR count). The number of hydrogen-bond acceptors (Lipinski definition) is 1. The summed E-state index contributed by atoms with van der Waals surface area (Å²) in [6, 6.07) is 4.62. The van der Waals surface area contributed by atoms with Crippen molar-refractivity contribution in [1.82, 2.24) is 0 Å². The minimum atomic E-state index is 1.12. The molecule has 1 N–H and O–H groups in total. The highest BCUT2D eigenvalue weighted by molar-refractivity contribution is 6.35. The second-order valence-electron chi connectivity index (χ2n) is 6.36. The standard InChI is InChI=1S/C18H27NSi2/c1-9-7-15(11(3)13(5)17(9)20)19-16-8-10(2)18(21)14(6)12(16)4/h7-8,19H,1-6,20-21H3. The molecule has 2 aromatic rings. The zero-order valence-electron chi connectivity index (χ0n) is 14.7. The summed E-state index contributed by atoms with van der Waals surface area (Å²) >= 11 is 0. The maximum Gasteiger partial charge on any atom is 0.0419 e. The Labute approximate surface area is 135 Å². The van der Waals surface area contributed by atoms with Gasteiger partial charge in [-0.1, -0.05) is 21.5 Å². The Morgan fingerprint density at radius 2 is 0.952 bits per heavy atom. The van der Waals surface area contributed by atoms with Gasteiger partial charge in [-0.25, -0.2) is 0 Å². The molecule has 0 radical (unpaired) electrons. The average molecular weight is 314 g/mol. The number of hydrogen-bond donors (Lipinski definition) is 1. The minimum absolute atomic E-state index is 1.12. The molecule has 1 nitrogen and oxygen atoms in total.